The second kappa shape index (κ2) is 8.03. The van der Waals surface area contributed by atoms with Gasteiger partial charge in [-0.05, 0) is 37.1 Å². The zero-order valence-corrected chi connectivity index (χ0v) is 17.8. The van der Waals surface area contributed by atoms with Crippen LogP contribution in [0.15, 0.2) is 48.3 Å². The van der Waals surface area contributed by atoms with Gasteiger partial charge in [-0.1, -0.05) is 12.1 Å². The third-order valence-electron chi connectivity index (χ3n) is 5.86. The molecule has 7 nitrogen and oxygen atoms in total. The standard InChI is InChI=1S/C24H23FN4O3/c1-13-6-7-14-10-27-24(30)19-20(14)29-21(15-8-9-26-11-18(15)32-12-13)22(19)28-17-5-3-4-16(25)23(17)31-2/h3-6,8-9,11,14,28-29H,7,10,12H2,1-2H3,(H,27,30)/b13-6+. The maximum absolute atomic E-state index is 14.4. The van der Waals surface area contributed by atoms with Crippen molar-refractivity contribution in [1.29, 1.82) is 0 Å². The molecule has 164 valence electrons. The number of nitrogens with zero attached hydrogens (tertiary/aromatic N) is 1. The number of allylic oxidation sites excluding steroid dienone is 1. The number of pyridine rings is 1. The van der Waals surface area contributed by atoms with Gasteiger partial charge in [-0.25, -0.2) is 4.39 Å². The molecule has 2 aliphatic rings. The third kappa shape index (κ3) is 3.37. The molecule has 0 radical (unpaired) electrons. The summed E-state index contributed by atoms with van der Waals surface area (Å²) in [6, 6.07) is 6.47. The van der Waals surface area contributed by atoms with Gasteiger partial charge in [-0.2, -0.15) is 0 Å². The van der Waals surface area contributed by atoms with Crippen LogP contribution in [0.4, 0.5) is 15.8 Å². The number of rotatable bonds is 3. The number of para-hydroxylation sites is 1. The van der Waals surface area contributed by atoms with Gasteiger partial charge in [-0.3, -0.25) is 9.78 Å². The van der Waals surface area contributed by atoms with Crippen molar-refractivity contribution in [3.63, 3.8) is 0 Å². The van der Waals surface area contributed by atoms with Crippen molar-refractivity contribution < 1.29 is 18.7 Å². The molecule has 0 saturated carbocycles. The SMILES string of the molecule is COc1c(F)cccc1Nc1c2[nH]c3c1C(=O)NCC3C/C=C(\C)COc1cnccc1-2. The number of ether oxygens (including phenoxy) is 2. The highest BCUT2D eigenvalue weighted by atomic mass is 19.1. The fourth-order valence-corrected chi connectivity index (χ4v) is 4.24. The fourth-order valence-electron chi connectivity index (χ4n) is 4.24. The number of anilines is 2. The van der Waals surface area contributed by atoms with E-state index in [1.54, 1.807) is 24.5 Å². The molecule has 2 bridgehead atoms. The lowest BCUT2D eigenvalue weighted by atomic mass is 9.92. The predicted octanol–water partition coefficient (Wildman–Crippen LogP) is 4.52. The van der Waals surface area contributed by atoms with Crippen LogP contribution in [-0.4, -0.2) is 36.1 Å². The molecule has 0 aliphatic carbocycles. The lowest BCUT2D eigenvalue weighted by Gasteiger charge is -2.23. The molecular formula is C24H23FN4O3. The number of benzene rings is 1. The normalized spacial score (nSPS) is 18.9. The maximum Gasteiger partial charge on any atom is 0.255 e. The van der Waals surface area contributed by atoms with Gasteiger partial charge in [0, 0.05) is 29.9 Å². The molecule has 0 spiro atoms. The minimum atomic E-state index is -0.492. The van der Waals surface area contributed by atoms with E-state index in [0.717, 1.165) is 23.3 Å². The summed E-state index contributed by atoms with van der Waals surface area (Å²) >= 11 is 0. The lowest BCUT2D eigenvalue weighted by Crippen LogP contribution is -2.35. The van der Waals surface area contributed by atoms with Crippen LogP contribution in [0, 0.1) is 5.82 Å². The van der Waals surface area contributed by atoms with Crippen molar-refractivity contribution in [3.8, 4) is 22.8 Å². The molecular weight excluding hydrogens is 411 g/mol. The summed E-state index contributed by atoms with van der Waals surface area (Å²) in [6.45, 7) is 3.00. The van der Waals surface area contributed by atoms with Gasteiger partial charge >= 0.3 is 0 Å². The molecule has 5 rings (SSSR count). The van der Waals surface area contributed by atoms with E-state index in [4.69, 9.17) is 9.47 Å². The first-order valence-electron chi connectivity index (χ1n) is 10.4. The summed E-state index contributed by atoms with van der Waals surface area (Å²) in [5.74, 6) is 0.0587. The Labute approximate surface area is 184 Å². The second-order valence-electron chi connectivity index (χ2n) is 7.96. The summed E-state index contributed by atoms with van der Waals surface area (Å²) in [6.07, 6.45) is 6.22. The van der Waals surface area contributed by atoms with Crippen molar-refractivity contribution in [2.45, 2.75) is 19.3 Å². The number of aromatic amines is 1. The van der Waals surface area contributed by atoms with Gasteiger partial charge in [0.2, 0.25) is 0 Å². The van der Waals surface area contributed by atoms with E-state index in [9.17, 15) is 9.18 Å². The maximum atomic E-state index is 14.4. The van der Waals surface area contributed by atoms with Gasteiger partial charge in [-0.15, -0.1) is 0 Å². The summed E-state index contributed by atoms with van der Waals surface area (Å²) in [7, 11) is 1.41. The van der Waals surface area contributed by atoms with Crippen LogP contribution < -0.4 is 20.1 Å². The predicted molar refractivity (Wildman–Crippen MR) is 119 cm³/mol. The number of nitrogens with one attached hydrogen (secondary N) is 3. The minimum absolute atomic E-state index is 0.0738. The molecule has 8 heteroatoms. The van der Waals surface area contributed by atoms with Gasteiger partial charge in [0.1, 0.15) is 12.4 Å². The van der Waals surface area contributed by atoms with Crippen LogP contribution >= 0.6 is 0 Å². The average molecular weight is 434 g/mol. The molecule has 32 heavy (non-hydrogen) atoms. The molecule has 0 fully saturated rings. The van der Waals surface area contributed by atoms with Crippen molar-refractivity contribution in [1.82, 2.24) is 15.3 Å². The number of methoxy groups -OCH3 is 1. The topological polar surface area (TPSA) is 88.3 Å². The van der Waals surface area contributed by atoms with Crippen LogP contribution in [-0.2, 0) is 0 Å². The molecule has 1 amide bonds. The molecule has 0 saturated heterocycles. The first-order chi connectivity index (χ1) is 15.6. The fraction of sp³-hybridized carbons (Fsp3) is 0.250. The van der Waals surface area contributed by atoms with E-state index in [1.165, 1.54) is 13.2 Å². The van der Waals surface area contributed by atoms with E-state index in [-0.39, 0.29) is 17.6 Å². The Hall–Kier alpha value is -3.81. The van der Waals surface area contributed by atoms with Crippen molar-refractivity contribution in [3.05, 3.63) is 65.4 Å². The Morgan fingerprint density at radius 1 is 1.31 bits per heavy atom. The van der Waals surface area contributed by atoms with E-state index in [1.807, 2.05) is 13.0 Å². The zero-order chi connectivity index (χ0) is 22.2. The Balaban J connectivity index is 1.75. The van der Waals surface area contributed by atoms with Crippen molar-refractivity contribution in [2.75, 3.05) is 25.6 Å². The Morgan fingerprint density at radius 3 is 3.03 bits per heavy atom. The molecule has 3 N–H and O–H groups in total. The highest BCUT2D eigenvalue weighted by molar-refractivity contribution is 6.07. The van der Waals surface area contributed by atoms with Crippen LogP contribution in [0.1, 0.15) is 35.3 Å². The van der Waals surface area contributed by atoms with Gasteiger partial charge in [0.05, 0.1) is 35.9 Å². The minimum Gasteiger partial charge on any atom is -0.492 e. The highest BCUT2D eigenvalue weighted by Gasteiger charge is 2.33. The number of halogens is 1. The molecule has 1 aromatic carbocycles. The summed E-state index contributed by atoms with van der Waals surface area (Å²) < 4.78 is 25.7. The van der Waals surface area contributed by atoms with Crippen LogP contribution in [0.2, 0.25) is 0 Å². The van der Waals surface area contributed by atoms with E-state index in [0.29, 0.717) is 41.5 Å². The number of hydrogen-bond acceptors (Lipinski definition) is 5. The van der Waals surface area contributed by atoms with Crippen molar-refractivity contribution >= 4 is 17.3 Å². The smallest absolute Gasteiger partial charge is 0.255 e. The molecule has 3 aromatic rings. The molecule has 2 aliphatic heterocycles. The average Bonchev–Trinajstić information content (AvgIpc) is 3.16. The molecule has 2 aromatic heterocycles. The van der Waals surface area contributed by atoms with E-state index in [2.05, 4.69) is 26.7 Å². The third-order valence-corrected chi connectivity index (χ3v) is 5.86. The van der Waals surface area contributed by atoms with Crippen LogP contribution in [0.25, 0.3) is 11.3 Å². The number of hydrogen-bond donors (Lipinski definition) is 3. The molecule has 1 atom stereocenters. The number of H-pyrrole nitrogens is 1. The number of carbonyl (C=O) groups is 1. The largest absolute Gasteiger partial charge is 0.492 e. The van der Waals surface area contributed by atoms with Gasteiger partial charge < -0.3 is 25.1 Å². The quantitative estimate of drug-likeness (QED) is 0.528. The Bertz CT molecular complexity index is 1230. The van der Waals surface area contributed by atoms with Crippen molar-refractivity contribution in [2.24, 2.45) is 0 Å². The van der Waals surface area contributed by atoms with Gasteiger partial charge in [0.25, 0.3) is 5.91 Å². The summed E-state index contributed by atoms with van der Waals surface area (Å²) in [4.78, 5) is 20.7. The van der Waals surface area contributed by atoms with Gasteiger partial charge in [0.15, 0.2) is 11.6 Å². The number of aromatic nitrogens is 2. The van der Waals surface area contributed by atoms with Crippen LogP contribution in [0.3, 0.4) is 0 Å². The van der Waals surface area contributed by atoms with E-state index >= 15 is 0 Å². The monoisotopic (exact) mass is 434 g/mol. The second-order valence-corrected chi connectivity index (χ2v) is 7.96. The number of fused-ring (bicyclic) bond motifs is 3. The first kappa shape index (κ1) is 20.1. The Morgan fingerprint density at radius 2 is 2.19 bits per heavy atom. The van der Waals surface area contributed by atoms with Crippen LogP contribution in [0.5, 0.6) is 11.5 Å². The Kier molecular flexibility index (Phi) is 5.05. The first-order valence-corrected chi connectivity index (χ1v) is 10.4. The highest BCUT2D eigenvalue weighted by Crippen LogP contribution is 2.44. The number of carbonyl (C=O) groups excluding carboxylic acids is 1. The van der Waals surface area contributed by atoms with E-state index < -0.39 is 5.82 Å². The molecule has 1 unspecified atom stereocenters. The summed E-state index contributed by atoms with van der Waals surface area (Å²) in [5.41, 5.74) is 4.86. The lowest BCUT2D eigenvalue weighted by molar-refractivity contribution is 0.0941. The zero-order valence-electron chi connectivity index (χ0n) is 17.8. The molecule has 4 heterocycles. The summed E-state index contributed by atoms with van der Waals surface area (Å²) in [5, 5.41) is 6.26. The number of amides is 1.